The Hall–Kier alpha value is -2.73. The number of hydrogen-bond acceptors (Lipinski definition) is 4. The van der Waals surface area contributed by atoms with Crippen LogP contribution in [0.25, 0.3) is 0 Å². The highest BCUT2D eigenvalue weighted by molar-refractivity contribution is 7.10. The molecule has 0 atom stereocenters. The van der Waals surface area contributed by atoms with Crippen LogP contribution in [0.2, 0.25) is 0 Å². The van der Waals surface area contributed by atoms with Crippen LogP contribution in [0.4, 0.5) is 9.39 Å². The first-order valence-electron chi connectivity index (χ1n) is 7.84. The van der Waals surface area contributed by atoms with E-state index in [2.05, 4.69) is 9.69 Å². The van der Waals surface area contributed by atoms with E-state index in [1.807, 2.05) is 37.3 Å². The van der Waals surface area contributed by atoms with Crippen LogP contribution in [0.5, 0.6) is 11.5 Å². The molecule has 0 bridgehead atoms. The normalized spacial score (nSPS) is 10.5. The highest BCUT2D eigenvalue weighted by Crippen LogP contribution is 2.23. The van der Waals surface area contributed by atoms with Gasteiger partial charge in [0.1, 0.15) is 22.3 Å². The first kappa shape index (κ1) is 17.1. The minimum absolute atomic E-state index is 0.0477. The lowest BCUT2D eigenvalue weighted by atomic mass is 10.1. The predicted molar refractivity (Wildman–Crippen MR) is 96.7 cm³/mol. The number of benzene rings is 2. The smallest absolute Gasteiger partial charge is 0.225 e. The third kappa shape index (κ3) is 5.12. The molecule has 0 unspecified atom stereocenters. The van der Waals surface area contributed by atoms with Gasteiger partial charge in [-0.2, -0.15) is 4.37 Å². The van der Waals surface area contributed by atoms with Gasteiger partial charge in [0, 0.05) is 6.42 Å². The summed E-state index contributed by atoms with van der Waals surface area (Å²) < 4.78 is 22.8. The van der Waals surface area contributed by atoms with Crippen molar-refractivity contribution in [2.75, 3.05) is 5.32 Å². The third-order valence-electron chi connectivity index (χ3n) is 3.48. The molecule has 1 amide bonds. The molecule has 1 heterocycles. The van der Waals surface area contributed by atoms with Crippen molar-refractivity contribution in [2.45, 2.75) is 19.8 Å². The first-order chi connectivity index (χ1) is 12.1. The molecule has 25 heavy (non-hydrogen) atoms. The largest absolute Gasteiger partial charge is 0.457 e. The topological polar surface area (TPSA) is 51.2 Å². The minimum atomic E-state index is -0.303. The van der Waals surface area contributed by atoms with Crippen LogP contribution in [0.3, 0.4) is 0 Å². The second-order valence-electron chi connectivity index (χ2n) is 5.58. The van der Waals surface area contributed by atoms with Crippen LogP contribution in [-0.4, -0.2) is 10.3 Å². The summed E-state index contributed by atoms with van der Waals surface area (Å²) in [4.78, 5) is 12.0. The maximum absolute atomic E-state index is 12.9. The summed E-state index contributed by atoms with van der Waals surface area (Å²) in [6.45, 7) is 1.89. The van der Waals surface area contributed by atoms with E-state index in [9.17, 15) is 9.18 Å². The van der Waals surface area contributed by atoms with Crippen molar-refractivity contribution in [3.8, 4) is 11.5 Å². The van der Waals surface area contributed by atoms with Crippen LogP contribution >= 0.6 is 11.5 Å². The molecule has 0 spiro atoms. The summed E-state index contributed by atoms with van der Waals surface area (Å²) in [6.07, 6.45) is 0.973. The van der Waals surface area contributed by atoms with Gasteiger partial charge in [-0.25, -0.2) is 4.39 Å². The van der Waals surface area contributed by atoms with Crippen LogP contribution < -0.4 is 10.1 Å². The zero-order valence-corrected chi connectivity index (χ0v) is 14.5. The minimum Gasteiger partial charge on any atom is -0.457 e. The predicted octanol–water partition coefficient (Wildman–Crippen LogP) is 4.95. The summed E-state index contributed by atoms with van der Waals surface area (Å²) in [5.74, 6) is 0.871. The Morgan fingerprint density at radius 2 is 1.96 bits per heavy atom. The molecule has 0 aliphatic rings. The summed E-state index contributed by atoms with van der Waals surface area (Å²) in [5, 5.41) is 3.60. The van der Waals surface area contributed by atoms with E-state index in [0.717, 1.165) is 16.3 Å². The van der Waals surface area contributed by atoms with Gasteiger partial charge in [0.2, 0.25) is 5.91 Å². The Morgan fingerprint density at radius 3 is 2.68 bits per heavy atom. The van der Waals surface area contributed by atoms with E-state index in [0.29, 0.717) is 24.3 Å². The number of halogens is 1. The molecule has 128 valence electrons. The lowest BCUT2D eigenvalue weighted by Gasteiger charge is -2.08. The standard InChI is InChI=1S/C19H17FN2O2S/c1-13-11-19(25-22-13)21-18(23)10-5-14-3-2-4-17(12-14)24-16-8-6-15(20)7-9-16/h2-4,6-9,11-12H,5,10H2,1H3,(H,21,23). The highest BCUT2D eigenvalue weighted by Gasteiger charge is 2.06. The van der Waals surface area contributed by atoms with Crippen molar-refractivity contribution in [1.82, 2.24) is 4.37 Å². The highest BCUT2D eigenvalue weighted by atomic mass is 32.1. The number of ether oxygens (including phenoxy) is 1. The maximum Gasteiger partial charge on any atom is 0.225 e. The fourth-order valence-corrected chi connectivity index (χ4v) is 2.96. The van der Waals surface area contributed by atoms with Gasteiger partial charge in [-0.15, -0.1) is 0 Å². The Morgan fingerprint density at radius 1 is 1.16 bits per heavy atom. The molecule has 0 aliphatic carbocycles. The van der Waals surface area contributed by atoms with Crippen molar-refractivity contribution in [3.05, 3.63) is 71.7 Å². The number of amides is 1. The van der Waals surface area contributed by atoms with Crippen molar-refractivity contribution in [2.24, 2.45) is 0 Å². The van der Waals surface area contributed by atoms with Crippen LogP contribution in [0, 0.1) is 12.7 Å². The molecule has 1 N–H and O–H groups in total. The fraction of sp³-hybridized carbons (Fsp3) is 0.158. The van der Waals surface area contributed by atoms with Gasteiger partial charge in [-0.1, -0.05) is 12.1 Å². The average Bonchev–Trinajstić information content (AvgIpc) is 3.00. The number of anilines is 1. The Balaban J connectivity index is 1.56. The first-order valence-corrected chi connectivity index (χ1v) is 8.61. The van der Waals surface area contributed by atoms with Gasteiger partial charge in [0.25, 0.3) is 0 Å². The van der Waals surface area contributed by atoms with Gasteiger partial charge >= 0.3 is 0 Å². The summed E-state index contributed by atoms with van der Waals surface area (Å²) in [7, 11) is 0. The molecule has 3 aromatic rings. The van der Waals surface area contributed by atoms with Gasteiger partial charge in [0.05, 0.1) is 5.69 Å². The zero-order chi connectivity index (χ0) is 17.6. The molecule has 6 heteroatoms. The van der Waals surface area contributed by atoms with Crippen LogP contribution in [0.1, 0.15) is 17.7 Å². The van der Waals surface area contributed by atoms with Crippen molar-refractivity contribution < 1.29 is 13.9 Å². The second-order valence-corrected chi connectivity index (χ2v) is 6.39. The second kappa shape index (κ2) is 7.90. The molecule has 0 radical (unpaired) electrons. The van der Waals surface area contributed by atoms with E-state index in [-0.39, 0.29) is 11.7 Å². The monoisotopic (exact) mass is 356 g/mol. The molecular weight excluding hydrogens is 339 g/mol. The SMILES string of the molecule is Cc1cc(NC(=O)CCc2cccc(Oc3ccc(F)cc3)c2)sn1. The number of nitrogens with zero attached hydrogens (tertiary/aromatic N) is 1. The Labute approximate surface area is 149 Å². The Bertz CT molecular complexity index is 862. The molecule has 0 aliphatic heterocycles. The summed E-state index contributed by atoms with van der Waals surface area (Å²) in [6, 6.07) is 15.2. The summed E-state index contributed by atoms with van der Waals surface area (Å²) in [5.41, 5.74) is 1.89. The fourth-order valence-electron chi connectivity index (χ4n) is 2.28. The average molecular weight is 356 g/mol. The number of nitrogens with one attached hydrogen (secondary N) is 1. The number of aryl methyl sites for hydroxylation is 2. The maximum atomic E-state index is 12.9. The van der Waals surface area contributed by atoms with Crippen LogP contribution in [0.15, 0.2) is 54.6 Å². The molecule has 3 rings (SSSR count). The molecule has 2 aromatic carbocycles. The number of aromatic nitrogens is 1. The van der Waals surface area contributed by atoms with E-state index < -0.39 is 0 Å². The lowest BCUT2D eigenvalue weighted by molar-refractivity contribution is -0.116. The number of rotatable bonds is 6. The van der Waals surface area contributed by atoms with Crippen LogP contribution in [-0.2, 0) is 11.2 Å². The Kier molecular flexibility index (Phi) is 5.40. The molecular formula is C19H17FN2O2S. The number of hydrogen-bond donors (Lipinski definition) is 1. The summed E-state index contributed by atoms with van der Waals surface area (Å²) >= 11 is 1.28. The van der Waals surface area contributed by atoms with E-state index in [4.69, 9.17) is 4.74 Å². The van der Waals surface area contributed by atoms with E-state index in [1.54, 1.807) is 12.1 Å². The van der Waals surface area contributed by atoms with Gasteiger partial charge < -0.3 is 10.1 Å². The molecule has 1 aromatic heterocycles. The van der Waals surface area contributed by atoms with Crippen molar-refractivity contribution in [1.29, 1.82) is 0 Å². The molecule has 0 fully saturated rings. The lowest BCUT2D eigenvalue weighted by Crippen LogP contribution is -2.11. The van der Waals surface area contributed by atoms with Crippen molar-refractivity contribution in [3.63, 3.8) is 0 Å². The van der Waals surface area contributed by atoms with Crippen molar-refractivity contribution >= 4 is 22.4 Å². The van der Waals surface area contributed by atoms with Gasteiger partial charge in [-0.3, -0.25) is 4.79 Å². The van der Waals surface area contributed by atoms with E-state index >= 15 is 0 Å². The zero-order valence-electron chi connectivity index (χ0n) is 13.7. The van der Waals surface area contributed by atoms with Gasteiger partial charge in [-0.05, 0) is 72.9 Å². The van der Waals surface area contributed by atoms with Gasteiger partial charge in [0.15, 0.2) is 0 Å². The quantitative estimate of drug-likeness (QED) is 0.679. The third-order valence-corrected chi connectivity index (χ3v) is 4.27. The molecule has 0 saturated heterocycles. The molecule has 4 nitrogen and oxygen atoms in total. The van der Waals surface area contributed by atoms with E-state index in [1.165, 1.54) is 23.7 Å². The molecule has 0 saturated carbocycles. The number of carbonyl (C=O) groups excluding carboxylic acids is 1. The number of carbonyl (C=O) groups is 1.